The van der Waals surface area contributed by atoms with Crippen LogP contribution < -0.4 is 5.32 Å². The monoisotopic (exact) mass is 241 g/mol. The van der Waals surface area contributed by atoms with E-state index in [2.05, 4.69) is 5.32 Å². The lowest BCUT2D eigenvalue weighted by Gasteiger charge is -2.23. The zero-order chi connectivity index (χ0) is 12.3. The van der Waals surface area contributed by atoms with Crippen molar-refractivity contribution in [3.8, 4) is 0 Å². The summed E-state index contributed by atoms with van der Waals surface area (Å²) in [5.74, 6) is 0.280. The van der Waals surface area contributed by atoms with E-state index in [1.165, 1.54) is 0 Å². The summed E-state index contributed by atoms with van der Waals surface area (Å²) in [7, 11) is 0. The highest BCUT2D eigenvalue weighted by Gasteiger charge is 2.33. The van der Waals surface area contributed by atoms with E-state index >= 15 is 0 Å². The third kappa shape index (κ3) is 3.70. The van der Waals surface area contributed by atoms with Crippen LogP contribution in [0.2, 0.25) is 0 Å². The number of amides is 1. The van der Waals surface area contributed by atoms with Crippen molar-refractivity contribution in [2.45, 2.75) is 44.8 Å². The molecule has 0 aromatic rings. The molecule has 2 rings (SSSR count). The molecule has 1 heterocycles. The minimum atomic E-state index is -0.488. The standard InChI is InChI=1S/C12H19NO4/c1-8(11(14)9-2-3-9)13-12(15)17-10-4-6-16-7-5-10/h8-10H,2-7H2,1H3,(H,13,15)/t8-/m1/s1. The average Bonchev–Trinajstić information content (AvgIpc) is 3.13. The van der Waals surface area contributed by atoms with Gasteiger partial charge in [-0.15, -0.1) is 0 Å². The maximum atomic E-state index is 11.6. The number of carbonyl (C=O) groups excluding carboxylic acids is 2. The van der Waals surface area contributed by atoms with Gasteiger partial charge in [0.05, 0.1) is 19.3 Å². The summed E-state index contributed by atoms with van der Waals surface area (Å²) in [6.45, 7) is 2.98. The van der Waals surface area contributed by atoms with E-state index < -0.39 is 12.1 Å². The van der Waals surface area contributed by atoms with Gasteiger partial charge < -0.3 is 14.8 Å². The van der Waals surface area contributed by atoms with Crippen molar-refractivity contribution in [3.63, 3.8) is 0 Å². The van der Waals surface area contributed by atoms with Gasteiger partial charge in [0.15, 0.2) is 5.78 Å². The van der Waals surface area contributed by atoms with E-state index in [-0.39, 0.29) is 17.8 Å². The third-order valence-corrected chi connectivity index (χ3v) is 3.18. The largest absolute Gasteiger partial charge is 0.446 e. The highest BCUT2D eigenvalue weighted by molar-refractivity contribution is 5.90. The molecule has 1 atom stereocenters. The first kappa shape index (κ1) is 12.4. The zero-order valence-electron chi connectivity index (χ0n) is 10.1. The second-order valence-electron chi connectivity index (χ2n) is 4.76. The van der Waals surface area contributed by atoms with Gasteiger partial charge in [-0.2, -0.15) is 0 Å². The van der Waals surface area contributed by atoms with Gasteiger partial charge in [-0.25, -0.2) is 4.79 Å². The number of nitrogens with one attached hydrogen (secondary N) is 1. The quantitative estimate of drug-likeness (QED) is 0.804. The number of alkyl carbamates (subject to hydrolysis) is 1. The molecule has 0 aromatic carbocycles. The van der Waals surface area contributed by atoms with Crippen molar-refractivity contribution in [3.05, 3.63) is 0 Å². The van der Waals surface area contributed by atoms with Gasteiger partial charge in [-0.05, 0) is 19.8 Å². The van der Waals surface area contributed by atoms with Crippen LogP contribution in [-0.4, -0.2) is 37.2 Å². The molecule has 0 bridgehead atoms. The second-order valence-corrected chi connectivity index (χ2v) is 4.76. The fourth-order valence-electron chi connectivity index (χ4n) is 1.95. The average molecular weight is 241 g/mol. The molecule has 5 nitrogen and oxygen atoms in total. The summed E-state index contributed by atoms with van der Waals surface area (Å²) in [6.07, 6.45) is 2.82. The van der Waals surface area contributed by atoms with Crippen LogP contribution in [0, 0.1) is 5.92 Å². The Morgan fingerprint density at radius 2 is 1.88 bits per heavy atom. The zero-order valence-corrected chi connectivity index (χ0v) is 10.1. The molecule has 0 radical (unpaired) electrons. The Labute approximate surface area is 101 Å². The van der Waals surface area contributed by atoms with E-state index in [1.54, 1.807) is 6.92 Å². The Balaban J connectivity index is 1.70. The summed E-state index contributed by atoms with van der Waals surface area (Å²) in [5.41, 5.74) is 0. The van der Waals surface area contributed by atoms with Crippen LogP contribution in [0.5, 0.6) is 0 Å². The maximum absolute atomic E-state index is 11.6. The first-order chi connectivity index (χ1) is 8.16. The van der Waals surface area contributed by atoms with E-state index in [9.17, 15) is 9.59 Å². The predicted molar refractivity (Wildman–Crippen MR) is 60.7 cm³/mol. The van der Waals surface area contributed by atoms with Gasteiger partial charge in [0.1, 0.15) is 6.10 Å². The third-order valence-electron chi connectivity index (χ3n) is 3.18. The fourth-order valence-corrected chi connectivity index (χ4v) is 1.95. The predicted octanol–water partition coefficient (Wildman–Crippen LogP) is 1.26. The van der Waals surface area contributed by atoms with Gasteiger partial charge in [0.25, 0.3) is 0 Å². The number of hydrogen-bond donors (Lipinski definition) is 1. The summed E-state index contributed by atoms with van der Waals surface area (Å²) in [6, 6.07) is -0.435. The molecule has 1 aliphatic heterocycles. The Morgan fingerprint density at radius 1 is 1.24 bits per heavy atom. The maximum Gasteiger partial charge on any atom is 0.407 e. The second kappa shape index (κ2) is 5.49. The lowest BCUT2D eigenvalue weighted by atomic mass is 10.1. The molecule has 0 aromatic heterocycles. The number of rotatable bonds is 4. The lowest BCUT2D eigenvalue weighted by Crippen LogP contribution is -2.41. The normalized spacial score (nSPS) is 22.9. The first-order valence-electron chi connectivity index (χ1n) is 6.25. The topological polar surface area (TPSA) is 64.6 Å². The van der Waals surface area contributed by atoms with Crippen LogP contribution in [0.3, 0.4) is 0 Å². The van der Waals surface area contributed by atoms with Crippen LogP contribution >= 0.6 is 0 Å². The van der Waals surface area contributed by atoms with Crippen molar-refractivity contribution in [2.75, 3.05) is 13.2 Å². The summed E-state index contributed by atoms with van der Waals surface area (Å²) >= 11 is 0. The smallest absolute Gasteiger partial charge is 0.407 e. The molecule has 1 saturated heterocycles. The Hall–Kier alpha value is -1.10. The molecule has 1 aliphatic carbocycles. The molecule has 5 heteroatoms. The molecule has 0 unspecified atom stereocenters. The molecular weight excluding hydrogens is 222 g/mol. The van der Waals surface area contributed by atoms with Crippen LogP contribution in [0.25, 0.3) is 0 Å². The minimum absolute atomic E-state index is 0.0769. The summed E-state index contributed by atoms with van der Waals surface area (Å²) in [5, 5.41) is 2.60. The van der Waals surface area contributed by atoms with Crippen LogP contribution in [0.1, 0.15) is 32.6 Å². The highest BCUT2D eigenvalue weighted by Crippen LogP contribution is 2.30. The van der Waals surface area contributed by atoms with E-state index in [1.807, 2.05) is 0 Å². The van der Waals surface area contributed by atoms with Crippen molar-refractivity contribution < 1.29 is 19.1 Å². The van der Waals surface area contributed by atoms with Crippen LogP contribution in [-0.2, 0) is 14.3 Å². The first-order valence-corrected chi connectivity index (χ1v) is 6.25. The number of carbonyl (C=O) groups is 2. The van der Waals surface area contributed by atoms with E-state index in [0.29, 0.717) is 13.2 Å². The van der Waals surface area contributed by atoms with Gasteiger partial charge in [0.2, 0.25) is 0 Å². The van der Waals surface area contributed by atoms with Gasteiger partial charge >= 0.3 is 6.09 Å². The summed E-state index contributed by atoms with van der Waals surface area (Å²) in [4.78, 5) is 23.2. The highest BCUT2D eigenvalue weighted by atomic mass is 16.6. The molecule has 2 fully saturated rings. The van der Waals surface area contributed by atoms with Crippen molar-refractivity contribution in [2.24, 2.45) is 5.92 Å². The SMILES string of the molecule is C[C@@H](NC(=O)OC1CCOCC1)C(=O)C1CC1. The number of ketones is 1. The molecule has 96 valence electrons. The van der Waals surface area contributed by atoms with E-state index in [0.717, 1.165) is 25.7 Å². The molecule has 0 spiro atoms. The molecule has 1 N–H and O–H groups in total. The van der Waals surface area contributed by atoms with Crippen LogP contribution in [0.4, 0.5) is 4.79 Å². The lowest BCUT2D eigenvalue weighted by molar-refractivity contribution is -0.121. The molecule has 17 heavy (non-hydrogen) atoms. The van der Waals surface area contributed by atoms with Gasteiger partial charge in [-0.1, -0.05) is 0 Å². The molecule has 1 saturated carbocycles. The number of ether oxygens (including phenoxy) is 2. The minimum Gasteiger partial charge on any atom is -0.446 e. The molecule has 1 amide bonds. The number of hydrogen-bond acceptors (Lipinski definition) is 4. The Bertz CT molecular complexity index is 295. The summed E-state index contributed by atoms with van der Waals surface area (Å²) < 4.78 is 10.4. The van der Waals surface area contributed by atoms with Crippen molar-refractivity contribution in [1.29, 1.82) is 0 Å². The van der Waals surface area contributed by atoms with Crippen LogP contribution in [0.15, 0.2) is 0 Å². The van der Waals surface area contributed by atoms with Gasteiger partial charge in [-0.3, -0.25) is 4.79 Å². The van der Waals surface area contributed by atoms with E-state index in [4.69, 9.17) is 9.47 Å². The van der Waals surface area contributed by atoms with Gasteiger partial charge in [0, 0.05) is 18.8 Å². The van der Waals surface area contributed by atoms with Crippen molar-refractivity contribution in [1.82, 2.24) is 5.32 Å². The fraction of sp³-hybridized carbons (Fsp3) is 0.833. The number of Topliss-reactive ketones (excluding diaryl/α,β-unsaturated/α-hetero) is 1. The Morgan fingerprint density at radius 3 is 2.47 bits per heavy atom. The molecular formula is C12H19NO4. The van der Waals surface area contributed by atoms with Crippen molar-refractivity contribution >= 4 is 11.9 Å². The Kier molecular flexibility index (Phi) is 3.99. The molecule has 2 aliphatic rings.